The van der Waals surface area contributed by atoms with Gasteiger partial charge in [-0.3, -0.25) is 0 Å². The molecule has 0 spiro atoms. The molecule has 0 aromatic rings. The van der Waals surface area contributed by atoms with Gasteiger partial charge in [0.15, 0.2) is 0 Å². The van der Waals surface area contributed by atoms with Crippen molar-refractivity contribution in [2.45, 2.75) is 57.5 Å². The Morgan fingerprint density at radius 3 is 2.06 bits per heavy atom. The zero-order chi connectivity index (χ0) is 12.0. The molecule has 2 N–H and O–H groups in total. The Hall–Kier alpha value is -0.0800. The van der Waals surface area contributed by atoms with E-state index in [1.165, 1.54) is 32.2 Å². The third kappa shape index (κ3) is 2.26. The largest absolute Gasteiger partial charge is 0.328 e. The fourth-order valence-corrected chi connectivity index (χ4v) is 5.17. The first kappa shape index (κ1) is 12.0. The Kier molecular flexibility index (Phi) is 3.20. The molecule has 4 bridgehead atoms. The summed E-state index contributed by atoms with van der Waals surface area (Å²) >= 11 is 0. The molecule has 0 aromatic carbocycles. The SMILES string of the molecule is CC(N)CCN(C)C1C2CC3CC(C2)CC1C3. The molecule has 4 fully saturated rings. The van der Waals surface area contributed by atoms with Crippen LogP contribution in [-0.4, -0.2) is 30.6 Å². The summed E-state index contributed by atoms with van der Waals surface area (Å²) in [6, 6.07) is 1.25. The van der Waals surface area contributed by atoms with Crippen LogP contribution >= 0.6 is 0 Å². The van der Waals surface area contributed by atoms with Crippen LogP contribution < -0.4 is 5.73 Å². The van der Waals surface area contributed by atoms with Gasteiger partial charge in [0.25, 0.3) is 0 Å². The van der Waals surface area contributed by atoms with Crippen LogP contribution in [-0.2, 0) is 0 Å². The summed E-state index contributed by atoms with van der Waals surface area (Å²) in [5.74, 6) is 4.22. The zero-order valence-corrected chi connectivity index (χ0v) is 11.4. The normalized spacial score (nSPS) is 45.5. The van der Waals surface area contributed by atoms with Gasteiger partial charge in [0.2, 0.25) is 0 Å². The smallest absolute Gasteiger partial charge is 0.0149 e. The number of nitrogens with zero attached hydrogens (tertiary/aromatic N) is 1. The highest BCUT2D eigenvalue weighted by molar-refractivity contribution is 5.01. The van der Waals surface area contributed by atoms with Crippen LogP contribution in [0.1, 0.15) is 45.4 Å². The molecule has 0 amide bonds. The van der Waals surface area contributed by atoms with E-state index in [1.54, 1.807) is 6.42 Å². The van der Waals surface area contributed by atoms with E-state index in [0.29, 0.717) is 6.04 Å². The highest BCUT2D eigenvalue weighted by Gasteiger charge is 2.49. The molecule has 17 heavy (non-hydrogen) atoms. The summed E-state index contributed by atoms with van der Waals surface area (Å²) in [6.07, 6.45) is 8.82. The molecule has 0 heterocycles. The van der Waals surface area contributed by atoms with Crippen LogP contribution in [0.5, 0.6) is 0 Å². The third-order valence-corrected chi connectivity index (χ3v) is 5.62. The lowest BCUT2D eigenvalue weighted by Gasteiger charge is -2.56. The van der Waals surface area contributed by atoms with Crippen molar-refractivity contribution < 1.29 is 0 Å². The van der Waals surface area contributed by atoms with Gasteiger partial charge in [-0.05, 0) is 82.7 Å². The average molecular weight is 236 g/mol. The van der Waals surface area contributed by atoms with E-state index >= 15 is 0 Å². The lowest BCUT2D eigenvalue weighted by Crippen LogP contribution is -2.55. The van der Waals surface area contributed by atoms with Crippen LogP contribution in [0.3, 0.4) is 0 Å². The quantitative estimate of drug-likeness (QED) is 0.812. The topological polar surface area (TPSA) is 29.3 Å². The summed E-state index contributed by atoms with van der Waals surface area (Å²) in [4.78, 5) is 2.65. The lowest BCUT2D eigenvalue weighted by molar-refractivity contribution is -0.0577. The summed E-state index contributed by atoms with van der Waals surface area (Å²) in [5, 5.41) is 0. The molecule has 4 aliphatic carbocycles. The number of hydrogen-bond donors (Lipinski definition) is 1. The predicted octanol–water partition coefficient (Wildman–Crippen LogP) is 2.48. The molecule has 4 rings (SSSR count). The van der Waals surface area contributed by atoms with Crippen LogP contribution in [0.15, 0.2) is 0 Å². The molecule has 1 atom stereocenters. The summed E-state index contributed by atoms with van der Waals surface area (Å²) in [5.41, 5.74) is 5.89. The number of rotatable bonds is 4. The van der Waals surface area contributed by atoms with Gasteiger partial charge in [0.1, 0.15) is 0 Å². The molecular weight excluding hydrogens is 208 g/mol. The molecular formula is C15H28N2. The molecule has 0 saturated heterocycles. The number of hydrogen-bond acceptors (Lipinski definition) is 2. The second-order valence-corrected chi connectivity index (χ2v) is 7.17. The maximum Gasteiger partial charge on any atom is 0.0149 e. The van der Waals surface area contributed by atoms with Crippen molar-refractivity contribution in [2.75, 3.05) is 13.6 Å². The Bertz CT molecular complexity index is 246. The summed E-state index contributed by atoms with van der Waals surface area (Å²) in [6.45, 7) is 3.33. The maximum absolute atomic E-state index is 5.89. The van der Waals surface area contributed by atoms with E-state index in [1.807, 2.05) is 0 Å². The molecule has 0 aliphatic heterocycles. The maximum atomic E-state index is 5.89. The minimum Gasteiger partial charge on any atom is -0.328 e. The van der Waals surface area contributed by atoms with Gasteiger partial charge in [-0.2, -0.15) is 0 Å². The molecule has 1 unspecified atom stereocenters. The van der Waals surface area contributed by atoms with Gasteiger partial charge in [-0.25, -0.2) is 0 Å². The lowest BCUT2D eigenvalue weighted by atomic mass is 9.54. The second kappa shape index (κ2) is 4.55. The van der Waals surface area contributed by atoms with E-state index in [2.05, 4.69) is 18.9 Å². The average Bonchev–Trinajstić information content (AvgIpc) is 2.24. The first-order valence-electron chi connectivity index (χ1n) is 7.59. The standard InChI is InChI=1S/C15H28N2/c1-10(16)3-4-17(2)15-13-6-11-5-12(8-13)9-14(15)7-11/h10-15H,3-9,16H2,1-2H3. The molecule has 4 saturated carbocycles. The van der Waals surface area contributed by atoms with Crippen molar-refractivity contribution in [1.82, 2.24) is 4.90 Å². The van der Waals surface area contributed by atoms with Gasteiger partial charge >= 0.3 is 0 Å². The van der Waals surface area contributed by atoms with Gasteiger partial charge < -0.3 is 10.6 Å². The van der Waals surface area contributed by atoms with Crippen molar-refractivity contribution in [2.24, 2.45) is 29.4 Å². The third-order valence-electron chi connectivity index (χ3n) is 5.62. The Balaban J connectivity index is 1.63. The summed E-state index contributed by atoms with van der Waals surface area (Å²) in [7, 11) is 2.34. The van der Waals surface area contributed by atoms with Crippen LogP contribution in [0, 0.1) is 23.7 Å². The van der Waals surface area contributed by atoms with Crippen molar-refractivity contribution in [1.29, 1.82) is 0 Å². The number of nitrogens with two attached hydrogens (primary N) is 1. The van der Waals surface area contributed by atoms with E-state index in [-0.39, 0.29) is 0 Å². The molecule has 0 radical (unpaired) electrons. The molecule has 0 aromatic heterocycles. The highest BCUT2D eigenvalue weighted by atomic mass is 15.1. The predicted molar refractivity (Wildman–Crippen MR) is 71.7 cm³/mol. The van der Waals surface area contributed by atoms with Gasteiger partial charge in [0.05, 0.1) is 0 Å². The Labute approximate surface area is 106 Å². The Morgan fingerprint density at radius 2 is 1.59 bits per heavy atom. The van der Waals surface area contributed by atoms with E-state index in [4.69, 9.17) is 5.73 Å². The summed E-state index contributed by atoms with van der Waals surface area (Å²) < 4.78 is 0. The van der Waals surface area contributed by atoms with E-state index in [9.17, 15) is 0 Å². The Morgan fingerprint density at radius 1 is 1.06 bits per heavy atom. The molecule has 4 aliphatic rings. The zero-order valence-electron chi connectivity index (χ0n) is 11.4. The monoisotopic (exact) mass is 236 g/mol. The molecule has 98 valence electrons. The van der Waals surface area contributed by atoms with E-state index in [0.717, 1.165) is 36.1 Å². The minimum atomic E-state index is 0.356. The minimum absolute atomic E-state index is 0.356. The first-order valence-corrected chi connectivity index (χ1v) is 7.59. The first-order chi connectivity index (χ1) is 8.13. The second-order valence-electron chi connectivity index (χ2n) is 7.17. The van der Waals surface area contributed by atoms with Gasteiger partial charge in [0, 0.05) is 12.1 Å². The molecule has 2 heteroatoms. The van der Waals surface area contributed by atoms with Crippen molar-refractivity contribution in [3.63, 3.8) is 0 Å². The van der Waals surface area contributed by atoms with Crippen LogP contribution in [0.4, 0.5) is 0 Å². The fraction of sp³-hybridized carbons (Fsp3) is 1.00. The van der Waals surface area contributed by atoms with Crippen molar-refractivity contribution in [3.8, 4) is 0 Å². The van der Waals surface area contributed by atoms with Crippen LogP contribution in [0.25, 0.3) is 0 Å². The van der Waals surface area contributed by atoms with E-state index < -0.39 is 0 Å². The van der Waals surface area contributed by atoms with Crippen LogP contribution in [0.2, 0.25) is 0 Å². The van der Waals surface area contributed by atoms with Crippen molar-refractivity contribution >= 4 is 0 Å². The van der Waals surface area contributed by atoms with Gasteiger partial charge in [-0.1, -0.05) is 0 Å². The fourth-order valence-electron chi connectivity index (χ4n) is 5.17. The van der Waals surface area contributed by atoms with Crippen molar-refractivity contribution in [3.05, 3.63) is 0 Å². The highest BCUT2D eigenvalue weighted by Crippen LogP contribution is 2.54. The van der Waals surface area contributed by atoms with Gasteiger partial charge in [-0.15, -0.1) is 0 Å². The molecule has 2 nitrogen and oxygen atoms in total.